The maximum absolute atomic E-state index is 12.4. The number of fused-ring (bicyclic) bond motifs is 1. The Labute approximate surface area is 170 Å². The van der Waals surface area contributed by atoms with E-state index in [0.717, 1.165) is 23.1 Å². The van der Waals surface area contributed by atoms with Crippen LogP contribution < -0.4 is 5.32 Å². The maximum Gasteiger partial charge on any atom is 0.251 e. The molecule has 8 heteroatoms. The monoisotopic (exact) mass is 415 g/mol. The Hall–Kier alpha value is -2.67. The molecule has 0 fully saturated rings. The number of carbonyl (C=O) groups excluding carboxylic acids is 1. The van der Waals surface area contributed by atoms with Gasteiger partial charge in [0.15, 0.2) is 0 Å². The number of halogens is 2. The topological polar surface area (TPSA) is 88.2 Å². The first-order valence-corrected chi connectivity index (χ1v) is 9.31. The molecule has 0 unspecified atom stereocenters. The van der Waals surface area contributed by atoms with Crippen LogP contribution in [0.4, 0.5) is 0 Å². The number of benzene rings is 2. The van der Waals surface area contributed by atoms with Gasteiger partial charge in [-0.05, 0) is 53.9 Å². The summed E-state index contributed by atoms with van der Waals surface area (Å²) in [7, 11) is 0. The zero-order valence-corrected chi connectivity index (χ0v) is 16.0. The van der Waals surface area contributed by atoms with Crippen LogP contribution in [0.1, 0.15) is 39.2 Å². The molecule has 2 aromatic carbocycles. The minimum Gasteiger partial charge on any atom is -0.394 e. The van der Waals surface area contributed by atoms with E-state index in [0.29, 0.717) is 21.4 Å². The number of hydrogen-bond donors (Lipinski definition) is 2. The second kappa shape index (κ2) is 7.75. The van der Waals surface area contributed by atoms with Gasteiger partial charge in [0.05, 0.1) is 6.61 Å². The molecular weight excluding hydrogens is 401 g/mol. The molecule has 2 N–H and O–H groups in total. The van der Waals surface area contributed by atoms with E-state index >= 15 is 0 Å². The first-order valence-electron chi connectivity index (χ1n) is 8.55. The van der Waals surface area contributed by atoms with Crippen LogP contribution >= 0.6 is 23.2 Å². The molecule has 1 aliphatic rings. The molecule has 0 spiro atoms. The van der Waals surface area contributed by atoms with Gasteiger partial charge in [-0.2, -0.15) is 4.98 Å². The maximum atomic E-state index is 12.4. The van der Waals surface area contributed by atoms with Gasteiger partial charge in [-0.3, -0.25) is 4.79 Å². The van der Waals surface area contributed by atoms with Gasteiger partial charge >= 0.3 is 0 Å². The van der Waals surface area contributed by atoms with E-state index in [1.807, 2.05) is 24.3 Å². The average Bonchev–Trinajstić information content (AvgIpc) is 3.33. The van der Waals surface area contributed by atoms with Gasteiger partial charge in [-0.1, -0.05) is 40.5 Å². The molecule has 1 amide bonds. The van der Waals surface area contributed by atoms with E-state index < -0.39 is 6.04 Å². The summed E-state index contributed by atoms with van der Waals surface area (Å²) in [6, 6.07) is 11.2. The number of aromatic nitrogens is 2. The van der Waals surface area contributed by atoms with E-state index in [-0.39, 0.29) is 18.4 Å². The first kappa shape index (κ1) is 18.7. The molecule has 1 heterocycles. The van der Waals surface area contributed by atoms with Gasteiger partial charge in [0.1, 0.15) is 6.04 Å². The predicted octanol–water partition coefficient (Wildman–Crippen LogP) is 3.83. The third-order valence-electron chi connectivity index (χ3n) is 4.46. The average molecular weight is 416 g/mol. The SMILES string of the molecule is O=C(N[C@@H](CO)c1nc(C2=CCc3ccc(Cl)cc32)no1)c1ccc(Cl)cc1. The van der Waals surface area contributed by atoms with Crippen molar-refractivity contribution in [1.29, 1.82) is 0 Å². The summed E-state index contributed by atoms with van der Waals surface area (Å²) in [4.78, 5) is 16.7. The van der Waals surface area contributed by atoms with E-state index in [1.165, 1.54) is 0 Å². The van der Waals surface area contributed by atoms with E-state index in [4.69, 9.17) is 27.7 Å². The molecule has 1 aromatic heterocycles. The number of rotatable bonds is 5. The van der Waals surface area contributed by atoms with Crippen molar-refractivity contribution < 1.29 is 14.4 Å². The lowest BCUT2D eigenvalue weighted by atomic mass is 10.1. The Morgan fingerprint density at radius 2 is 1.93 bits per heavy atom. The lowest BCUT2D eigenvalue weighted by molar-refractivity contribution is 0.0901. The highest BCUT2D eigenvalue weighted by Crippen LogP contribution is 2.33. The second-order valence-electron chi connectivity index (χ2n) is 6.30. The van der Waals surface area contributed by atoms with Gasteiger partial charge < -0.3 is 14.9 Å². The molecule has 0 saturated carbocycles. The summed E-state index contributed by atoms with van der Waals surface area (Å²) in [5, 5.41) is 17.5. The molecule has 4 rings (SSSR count). The number of aliphatic hydroxyl groups excluding tert-OH is 1. The minimum absolute atomic E-state index is 0.121. The van der Waals surface area contributed by atoms with E-state index in [2.05, 4.69) is 15.5 Å². The molecule has 0 aliphatic heterocycles. The molecule has 0 bridgehead atoms. The molecule has 6 nitrogen and oxygen atoms in total. The number of hydrogen-bond acceptors (Lipinski definition) is 5. The van der Waals surface area contributed by atoms with Crippen LogP contribution in [-0.4, -0.2) is 27.8 Å². The highest BCUT2D eigenvalue weighted by Gasteiger charge is 2.25. The molecular formula is C20H15Cl2N3O3. The lowest BCUT2D eigenvalue weighted by Gasteiger charge is -2.12. The quantitative estimate of drug-likeness (QED) is 0.660. The predicted molar refractivity (Wildman–Crippen MR) is 105 cm³/mol. The summed E-state index contributed by atoms with van der Waals surface area (Å²) < 4.78 is 5.30. The van der Waals surface area contributed by atoms with Gasteiger partial charge in [0.25, 0.3) is 11.8 Å². The Kier molecular flexibility index (Phi) is 5.17. The molecule has 0 saturated heterocycles. The number of nitrogens with zero attached hydrogens (tertiary/aromatic N) is 2. The first-order chi connectivity index (χ1) is 13.5. The van der Waals surface area contributed by atoms with Crippen LogP contribution in [0.5, 0.6) is 0 Å². The molecule has 142 valence electrons. The van der Waals surface area contributed by atoms with Gasteiger partial charge in [0.2, 0.25) is 5.82 Å². The number of nitrogens with one attached hydrogen (secondary N) is 1. The zero-order valence-electron chi connectivity index (χ0n) is 14.5. The fourth-order valence-electron chi connectivity index (χ4n) is 3.03. The van der Waals surface area contributed by atoms with Crippen LogP contribution in [0.15, 0.2) is 53.1 Å². The molecule has 3 aromatic rings. The van der Waals surface area contributed by atoms with Gasteiger partial charge in [0, 0.05) is 21.2 Å². The smallest absolute Gasteiger partial charge is 0.251 e. The Morgan fingerprint density at radius 1 is 1.18 bits per heavy atom. The minimum atomic E-state index is -0.828. The van der Waals surface area contributed by atoms with Crippen LogP contribution in [0, 0.1) is 0 Å². The Balaban J connectivity index is 1.54. The summed E-state index contributed by atoms with van der Waals surface area (Å²) in [5.74, 6) is 0.124. The van der Waals surface area contributed by atoms with Gasteiger partial charge in [-0.25, -0.2) is 0 Å². The number of carbonyl (C=O) groups is 1. The van der Waals surface area contributed by atoms with Crippen molar-refractivity contribution >= 4 is 34.7 Å². The van der Waals surface area contributed by atoms with Crippen molar-refractivity contribution in [3.63, 3.8) is 0 Å². The van der Waals surface area contributed by atoms with Crippen molar-refractivity contribution in [2.75, 3.05) is 6.61 Å². The van der Waals surface area contributed by atoms with E-state index in [9.17, 15) is 9.90 Å². The zero-order chi connectivity index (χ0) is 19.7. The lowest BCUT2D eigenvalue weighted by Crippen LogP contribution is -2.31. The van der Waals surface area contributed by atoms with Crippen LogP contribution in [0.2, 0.25) is 10.0 Å². The molecule has 1 aliphatic carbocycles. The normalized spacial score (nSPS) is 13.8. The van der Waals surface area contributed by atoms with Crippen molar-refractivity contribution in [3.05, 3.63) is 87.0 Å². The van der Waals surface area contributed by atoms with Crippen molar-refractivity contribution in [2.24, 2.45) is 0 Å². The summed E-state index contributed by atoms with van der Waals surface area (Å²) in [6.07, 6.45) is 2.75. The van der Waals surface area contributed by atoms with Crippen molar-refractivity contribution in [3.8, 4) is 0 Å². The third-order valence-corrected chi connectivity index (χ3v) is 4.95. The van der Waals surface area contributed by atoms with Crippen LogP contribution in [0.3, 0.4) is 0 Å². The Bertz CT molecular complexity index is 1060. The standard InChI is InChI=1S/C20H15Cl2N3O3/c21-13-5-2-12(3-6-13)19(27)23-17(10-26)20-24-18(25-28-20)15-8-4-11-1-7-14(22)9-16(11)15/h1-3,5-9,17,26H,4,10H2,(H,23,27)/t17-/m0/s1. The Morgan fingerprint density at radius 3 is 2.68 bits per heavy atom. The number of allylic oxidation sites excluding steroid dienone is 1. The molecule has 0 radical (unpaired) electrons. The largest absolute Gasteiger partial charge is 0.394 e. The van der Waals surface area contributed by atoms with Gasteiger partial charge in [-0.15, -0.1) is 0 Å². The fourth-order valence-corrected chi connectivity index (χ4v) is 3.32. The fraction of sp³-hybridized carbons (Fsp3) is 0.150. The van der Waals surface area contributed by atoms with Crippen LogP contribution in [0.25, 0.3) is 5.57 Å². The van der Waals surface area contributed by atoms with Crippen molar-refractivity contribution in [2.45, 2.75) is 12.5 Å². The van der Waals surface area contributed by atoms with Crippen molar-refractivity contribution in [1.82, 2.24) is 15.5 Å². The van der Waals surface area contributed by atoms with E-state index in [1.54, 1.807) is 24.3 Å². The highest BCUT2D eigenvalue weighted by atomic mass is 35.5. The summed E-state index contributed by atoms with van der Waals surface area (Å²) in [5.41, 5.74) is 3.30. The number of aliphatic hydroxyl groups is 1. The number of amides is 1. The highest BCUT2D eigenvalue weighted by molar-refractivity contribution is 6.31. The summed E-state index contributed by atoms with van der Waals surface area (Å²) in [6.45, 7) is -0.386. The second-order valence-corrected chi connectivity index (χ2v) is 7.17. The summed E-state index contributed by atoms with van der Waals surface area (Å²) >= 11 is 11.9. The van der Waals surface area contributed by atoms with Crippen LogP contribution in [-0.2, 0) is 6.42 Å². The molecule has 28 heavy (non-hydrogen) atoms. The third kappa shape index (κ3) is 3.67. The molecule has 1 atom stereocenters.